The Kier molecular flexibility index (Phi) is 4.83. The Morgan fingerprint density at radius 3 is 2.71 bits per heavy atom. The van der Waals surface area contributed by atoms with Gasteiger partial charge >= 0.3 is 0 Å². The zero-order valence-electron chi connectivity index (χ0n) is 15.3. The van der Waals surface area contributed by atoms with E-state index in [2.05, 4.69) is 31.2 Å². The number of hydrogen-bond acceptors (Lipinski definition) is 5. The molecule has 4 rings (SSSR count). The standard InChI is InChI=1S/C21H17BrN4O2/c1-13-9-15(4-6-19(13)28-16-7-8-26(2)20(27)11-16)25-21-17-10-14(22)3-5-18(17)23-12-24-21/h3-12H,1-2H3,(H,23,24,25). The third-order valence-electron chi connectivity index (χ3n) is 4.34. The van der Waals surface area contributed by atoms with E-state index in [-0.39, 0.29) is 5.56 Å². The van der Waals surface area contributed by atoms with Crippen molar-refractivity contribution in [3.8, 4) is 11.5 Å². The molecule has 28 heavy (non-hydrogen) atoms. The molecule has 0 aliphatic heterocycles. The molecule has 1 N–H and O–H groups in total. The maximum atomic E-state index is 11.8. The lowest BCUT2D eigenvalue weighted by atomic mass is 10.2. The fourth-order valence-electron chi connectivity index (χ4n) is 2.83. The Bertz CT molecular complexity index is 1240. The van der Waals surface area contributed by atoms with Gasteiger partial charge in [0.05, 0.1) is 5.52 Å². The topological polar surface area (TPSA) is 69.0 Å². The van der Waals surface area contributed by atoms with Gasteiger partial charge in [0, 0.05) is 34.9 Å². The molecule has 2 aromatic heterocycles. The normalized spacial score (nSPS) is 10.8. The molecule has 4 aromatic rings. The summed E-state index contributed by atoms with van der Waals surface area (Å²) in [7, 11) is 1.70. The average molecular weight is 437 g/mol. The van der Waals surface area contributed by atoms with Crippen molar-refractivity contribution in [3.05, 3.63) is 81.4 Å². The fourth-order valence-corrected chi connectivity index (χ4v) is 3.19. The van der Waals surface area contributed by atoms with Crippen LogP contribution in [0.2, 0.25) is 0 Å². The highest BCUT2D eigenvalue weighted by molar-refractivity contribution is 9.10. The molecule has 2 aromatic carbocycles. The Morgan fingerprint density at radius 1 is 1.07 bits per heavy atom. The van der Waals surface area contributed by atoms with E-state index in [9.17, 15) is 4.79 Å². The summed E-state index contributed by atoms with van der Waals surface area (Å²) in [5, 5.41) is 4.27. The molecule has 0 saturated carbocycles. The second kappa shape index (κ2) is 7.44. The molecule has 0 aliphatic rings. The van der Waals surface area contributed by atoms with Crippen LogP contribution in [0.4, 0.5) is 11.5 Å². The highest BCUT2D eigenvalue weighted by Crippen LogP contribution is 2.30. The number of pyridine rings is 1. The Morgan fingerprint density at radius 2 is 1.93 bits per heavy atom. The van der Waals surface area contributed by atoms with Crippen LogP contribution in [0, 0.1) is 6.92 Å². The minimum Gasteiger partial charge on any atom is -0.457 e. The number of aryl methyl sites for hydroxylation is 2. The van der Waals surface area contributed by atoms with Gasteiger partial charge in [-0.3, -0.25) is 4.79 Å². The highest BCUT2D eigenvalue weighted by Gasteiger charge is 2.08. The molecule has 0 amide bonds. The summed E-state index contributed by atoms with van der Waals surface area (Å²) >= 11 is 3.49. The Hall–Kier alpha value is -3.19. The van der Waals surface area contributed by atoms with Crippen molar-refractivity contribution in [2.45, 2.75) is 6.92 Å². The first-order chi connectivity index (χ1) is 13.5. The van der Waals surface area contributed by atoms with E-state index in [0.29, 0.717) is 11.5 Å². The maximum Gasteiger partial charge on any atom is 0.253 e. The molecule has 0 saturated heterocycles. The first kappa shape index (κ1) is 18.2. The molecular formula is C21H17BrN4O2. The lowest BCUT2D eigenvalue weighted by Crippen LogP contribution is -2.13. The summed E-state index contributed by atoms with van der Waals surface area (Å²) in [6, 6.07) is 14.9. The molecule has 0 spiro atoms. The van der Waals surface area contributed by atoms with Gasteiger partial charge in [-0.25, -0.2) is 9.97 Å². The molecule has 7 heteroatoms. The van der Waals surface area contributed by atoms with Crippen molar-refractivity contribution >= 4 is 38.3 Å². The number of nitrogens with one attached hydrogen (secondary N) is 1. The number of ether oxygens (including phenoxy) is 1. The van der Waals surface area contributed by atoms with Gasteiger partial charge < -0.3 is 14.6 Å². The summed E-state index contributed by atoms with van der Waals surface area (Å²) in [6.07, 6.45) is 3.22. The van der Waals surface area contributed by atoms with Gasteiger partial charge in [-0.2, -0.15) is 0 Å². The molecule has 0 bridgehead atoms. The second-order valence-electron chi connectivity index (χ2n) is 6.40. The van der Waals surface area contributed by atoms with Gasteiger partial charge in [0.2, 0.25) is 0 Å². The SMILES string of the molecule is Cc1cc(Nc2ncnc3ccc(Br)cc23)ccc1Oc1ccn(C)c(=O)c1. The van der Waals surface area contributed by atoms with Crippen molar-refractivity contribution in [3.63, 3.8) is 0 Å². The van der Waals surface area contributed by atoms with Crippen LogP contribution in [0.3, 0.4) is 0 Å². The molecule has 6 nitrogen and oxygen atoms in total. The number of aromatic nitrogens is 3. The van der Waals surface area contributed by atoms with Crippen molar-refractivity contribution in [2.24, 2.45) is 7.05 Å². The molecule has 140 valence electrons. The van der Waals surface area contributed by atoms with Crippen LogP contribution in [0.15, 0.2) is 70.3 Å². The highest BCUT2D eigenvalue weighted by atomic mass is 79.9. The summed E-state index contributed by atoms with van der Waals surface area (Å²) in [6.45, 7) is 1.95. The number of anilines is 2. The van der Waals surface area contributed by atoms with Crippen molar-refractivity contribution < 1.29 is 4.74 Å². The molecule has 0 radical (unpaired) electrons. The third-order valence-corrected chi connectivity index (χ3v) is 4.83. The minimum absolute atomic E-state index is 0.116. The zero-order valence-corrected chi connectivity index (χ0v) is 16.9. The van der Waals surface area contributed by atoms with Gasteiger partial charge in [0.1, 0.15) is 23.6 Å². The van der Waals surface area contributed by atoms with Gasteiger partial charge in [-0.15, -0.1) is 0 Å². The van der Waals surface area contributed by atoms with Crippen LogP contribution >= 0.6 is 15.9 Å². The van der Waals surface area contributed by atoms with Crippen molar-refractivity contribution in [2.75, 3.05) is 5.32 Å². The van der Waals surface area contributed by atoms with Crippen molar-refractivity contribution in [1.82, 2.24) is 14.5 Å². The first-order valence-corrected chi connectivity index (χ1v) is 9.41. The van der Waals surface area contributed by atoms with Gasteiger partial charge in [0.15, 0.2) is 0 Å². The van der Waals surface area contributed by atoms with E-state index in [4.69, 9.17) is 4.74 Å². The number of benzene rings is 2. The second-order valence-corrected chi connectivity index (χ2v) is 7.32. The molecule has 0 aliphatic carbocycles. The van der Waals surface area contributed by atoms with E-state index in [1.807, 2.05) is 43.3 Å². The van der Waals surface area contributed by atoms with E-state index in [1.165, 1.54) is 10.6 Å². The fraction of sp³-hybridized carbons (Fsp3) is 0.0952. The monoisotopic (exact) mass is 436 g/mol. The van der Waals surface area contributed by atoms with E-state index in [0.717, 1.165) is 32.4 Å². The summed E-state index contributed by atoms with van der Waals surface area (Å²) in [5.74, 6) is 1.93. The molecule has 2 heterocycles. The van der Waals surface area contributed by atoms with Crippen LogP contribution in [-0.4, -0.2) is 14.5 Å². The van der Waals surface area contributed by atoms with Crippen LogP contribution in [0.5, 0.6) is 11.5 Å². The van der Waals surface area contributed by atoms with E-state index in [1.54, 1.807) is 25.6 Å². The third kappa shape index (κ3) is 3.75. The Labute approximate surface area is 170 Å². The Balaban J connectivity index is 1.61. The van der Waals surface area contributed by atoms with Gasteiger partial charge in [-0.05, 0) is 55.0 Å². The lowest BCUT2D eigenvalue weighted by Gasteiger charge is -2.12. The van der Waals surface area contributed by atoms with Gasteiger partial charge in [-0.1, -0.05) is 15.9 Å². The smallest absolute Gasteiger partial charge is 0.253 e. The summed E-state index contributed by atoms with van der Waals surface area (Å²) < 4.78 is 8.32. The number of nitrogens with zero attached hydrogens (tertiary/aromatic N) is 3. The quantitative estimate of drug-likeness (QED) is 0.490. The first-order valence-electron chi connectivity index (χ1n) is 8.62. The maximum absolute atomic E-state index is 11.8. The van der Waals surface area contributed by atoms with Crippen LogP contribution in [0.1, 0.15) is 5.56 Å². The van der Waals surface area contributed by atoms with Crippen LogP contribution < -0.4 is 15.6 Å². The largest absolute Gasteiger partial charge is 0.457 e. The molecule has 0 atom stereocenters. The average Bonchev–Trinajstić information content (AvgIpc) is 2.67. The minimum atomic E-state index is -0.116. The number of hydrogen-bond donors (Lipinski definition) is 1. The number of fused-ring (bicyclic) bond motifs is 1. The van der Waals surface area contributed by atoms with Gasteiger partial charge in [0.25, 0.3) is 5.56 Å². The lowest BCUT2D eigenvalue weighted by molar-refractivity contribution is 0.476. The zero-order chi connectivity index (χ0) is 19.7. The van der Waals surface area contributed by atoms with E-state index >= 15 is 0 Å². The molecule has 0 fully saturated rings. The predicted octanol–water partition coefficient (Wildman–Crippen LogP) is 4.94. The van der Waals surface area contributed by atoms with E-state index < -0.39 is 0 Å². The summed E-state index contributed by atoms with van der Waals surface area (Å²) in [4.78, 5) is 20.4. The van der Waals surface area contributed by atoms with Crippen LogP contribution in [-0.2, 0) is 7.05 Å². The van der Waals surface area contributed by atoms with Crippen LogP contribution in [0.25, 0.3) is 10.9 Å². The molecule has 0 unspecified atom stereocenters. The summed E-state index contributed by atoms with van der Waals surface area (Å²) in [5.41, 5.74) is 2.57. The number of rotatable bonds is 4. The predicted molar refractivity (Wildman–Crippen MR) is 113 cm³/mol. The number of halogens is 1. The molecular weight excluding hydrogens is 420 g/mol. The van der Waals surface area contributed by atoms with Crippen molar-refractivity contribution in [1.29, 1.82) is 0 Å².